The average molecular weight is 293 g/mol. The van der Waals surface area contributed by atoms with Gasteiger partial charge in [0.05, 0.1) is 12.0 Å². The predicted octanol–water partition coefficient (Wildman–Crippen LogP) is 2.03. The molecule has 1 heterocycles. The van der Waals surface area contributed by atoms with Crippen LogP contribution in [-0.2, 0) is 6.54 Å². The lowest BCUT2D eigenvalue weighted by Gasteiger charge is -2.29. The summed E-state index contributed by atoms with van der Waals surface area (Å²) in [6.07, 6.45) is 2.43. The number of likely N-dealkylation sites (tertiary alicyclic amines) is 1. The number of benzene rings is 1. The summed E-state index contributed by atoms with van der Waals surface area (Å²) < 4.78 is 5.00. The fourth-order valence-electron chi connectivity index (χ4n) is 2.68. The van der Waals surface area contributed by atoms with Gasteiger partial charge in [-0.15, -0.1) is 0 Å². The van der Waals surface area contributed by atoms with Crippen molar-refractivity contribution in [1.82, 2.24) is 10.2 Å². The smallest absolute Gasteiger partial charge is 0.311 e. The molecular formula is C15H23N3O3. The molecule has 21 heavy (non-hydrogen) atoms. The van der Waals surface area contributed by atoms with Crippen LogP contribution in [0.1, 0.15) is 18.4 Å². The molecule has 1 N–H and O–H groups in total. The zero-order chi connectivity index (χ0) is 15.2. The van der Waals surface area contributed by atoms with Gasteiger partial charge in [-0.05, 0) is 57.1 Å². The molecule has 116 valence electrons. The third-order valence-electron chi connectivity index (χ3n) is 4.04. The fourth-order valence-corrected chi connectivity index (χ4v) is 2.68. The first-order valence-electron chi connectivity index (χ1n) is 7.30. The standard InChI is InChI=1S/C15H23N3O3/c1-17-7-5-12(6-8-17)10-16-11-13-3-4-15(21-2)14(9-13)18(19)20/h3-4,9,12,16H,5-8,10-11H2,1-2H3. The van der Waals surface area contributed by atoms with Gasteiger partial charge in [-0.2, -0.15) is 0 Å². The van der Waals surface area contributed by atoms with E-state index in [-0.39, 0.29) is 5.69 Å². The van der Waals surface area contributed by atoms with Crippen LogP contribution in [-0.4, -0.2) is 43.6 Å². The summed E-state index contributed by atoms with van der Waals surface area (Å²) in [4.78, 5) is 12.9. The maximum atomic E-state index is 11.0. The summed E-state index contributed by atoms with van der Waals surface area (Å²) in [5, 5.41) is 14.4. The van der Waals surface area contributed by atoms with Crippen molar-refractivity contribution in [3.05, 3.63) is 33.9 Å². The third kappa shape index (κ3) is 4.41. The maximum absolute atomic E-state index is 11.0. The molecule has 0 aliphatic carbocycles. The Morgan fingerprint density at radius 3 is 2.76 bits per heavy atom. The maximum Gasteiger partial charge on any atom is 0.311 e. The first kappa shape index (κ1) is 15.7. The van der Waals surface area contributed by atoms with Crippen LogP contribution in [0.5, 0.6) is 5.75 Å². The van der Waals surface area contributed by atoms with Gasteiger partial charge in [0.25, 0.3) is 0 Å². The van der Waals surface area contributed by atoms with E-state index in [4.69, 9.17) is 4.74 Å². The first-order chi connectivity index (χ1) is 10.1. The minimum absolute atomic E-state index is 0.0242. The number of hydrogen-bond acceptors (Lipinski definition) is 5. The van der Waals surface area contributed by atoms with Crippen molar-refractivity contribution < 1.29 is 9.66 Å². The Morgan fingerprint density at radius 1 is 1.43 bits per heavy atom. The molecule has 1 aliphatic rings. The predicted molar refractivity (Wildman–Crippen MR) is 81.6 cm³/mol. The van der Waals surface area contributed by atoms with Crippen LogP contribution in [0, 0.1) is 16.0 Å². The summed E-state index contributed by atoms with van der Waals surface area (Å²) in [7, 11) is 3.60. The van der Waals surface area contributed by atoms with Crippen molar-refractivity contribution in [2.75, 3.05) is 33.8 Å². The van der Waals surface area contributed by atoms with Crippen molar-refractivity contribution in [3.63, 3.8) is 0 Å². The normalized spacial score (nSPS) is 16.9. The second kappa shape index (κ2) is 7.38. The summed E-state index contributed by atoms with van der Waals surface area (Å²) in [5.41, 5.74) is 0.937. The molecular weight excluding hydrogens is 270 g/mol. The Morgan fingerprint density at radius 2 is 2.14 bits per heavy atom. The molecule has 0 bridgehead atoms. The highest BCUT2D eigenvalue weighted by Crippen LogP contribution is 2.27. The molecule has 0 amide bonds. The molecule has 6 nitrogen and oxygen atoms in total. The largest absolute Gasteiger partial charge is 0.490 e. The SMILES string of the molecule is COc1ccc(CNCC2CCN(C)CC2)cc1[N+](=O)[O-]. The highest BCUT2D eigenvalue weighted by atomic mass is 16.6. The fraction of sp³-hybridized carbons (Fsp3) is 0.600. The number of nitrogens with zero attached hydrogens (tertiary/aromatic N) is 2. The monoisotopic (exact) mass is 293 g/mol. The van der Waals surface area contributed by atoms with Gasteiger partial charge in [0.2, 0.25) is 0 Å². The van der Waals surface area contributed by atoms with E-state index in [1.54, 1.807) is 12.1 Å². The first-order valence-corrected chi connectivity index (χ1v) is 7.30. The van der Waals surface area contributed by atoms with Crippen LogP contribution < -0.4 is 10.1 Å². The molecule has 0 atom stereocenters. The van der Waals surface area contributed by atoms with E-state index in [2.05, 4.69) is 17.3 Å². The zero-order valence-electron chi connectivity index (χ0n) is 12.7. The molecule has 2 rings (SSSR count). The molecule has 1 aromatic rings. The van der Waals surface area contributed by atoms with Crippen LogP contribution in [0.25, 0.3) is 0 Å². The average Bonchev–Trinajstić information content (AvgIpc) is 2.49. The Hall–Kier alpha value is -1.66. The number of piperidine rings is 1. The Labute approximate surface area is 125 Å². The van der Waals surface area contributed by atoms with Crippen molar-refractivity contribution in [2.24, 2.45) is 5.92 Å². The van der Waals surface area contributed by atoms with Crippen molar-refractivity contribution in [3.8, 4) is 5.75 Å². The lowest BCUT2D eigenvalue weighted by Crippen LogP contribution is -2.34. The van der Waals surface area contributed by atoms with E-state index < -0.39 is 4.92 Å². The van der Waals surface area contributed by atoms with Gasteiger partial charge in [-0.25, -0.2) is 0 Å². The molecule has 0 saturated carbocycles. The molecule has 1 aliphatic heterocycles. The van der Waals surface area contributed by atoms with E-state index in [9.17, 15) is 10.1 Å². The van der Waals surface area contributed by atoms with E-state index >= 15 is 0 Å². The number of ether oxygens (including phenoxy) is 1. The van der Waals surface area contributed by atoms with Gasteiger partial charge >= 0.3 is 5.69 Å². The number of nitro benzene ring substituents is 1. The minimum Gasteiger partial charge on any atom is -0.490 e. The van der Waals surface area contributed by atoms with Crippen LogP contribution in [0.15, 0.2) is 18.2 Å². The van der Waals surface area contributed by atoms with Gasteiger partial charge in [0, 0.05) is 12.6 Å². The zero-order valence-corrected chi connectivity index (χ0v) is 12.7. The molecule has 0 radical (unpaired) electrons. The molecule has 0 spiro atoms. The van der Waals surface area contributed by atoms with Crippen molar-refractivity contribution >= 4 is 5.69 Å². The van der Waals surface area contributed by atoms with Gasteiger partial charge in [-0.1, -0.05) is 6.07 Å². The number of rotatable bonds is 6. The molecule has 1 fully saturated rings. The van der Waals surface area contributed by atoms with Gasteiger partial charge in [0.1, 0.15) is 0 Å². The molecule has 6 heteroatoms. The van der Waals surface area contributed by atoms with E-state index in [0.717, 1.165) is 25.2 Å². The number of nitrogens with one attached hydrogen (secondary N) is 1. The van der Waals surface area contributed by atoms with Crippen LogP contribution in [0.3, 0.4) is 0 Å². The van der Waals surface area contributed by atoms with Crippen LogP contribution in [0.4, 0.5) is 5.69 Å². The van der Waals surface area contributed by atoms with Crippen molar-refractivity contribution in [1.29, 1.82) is 0 Å². The van der Waals surface area contributed by atoms with E-state index in [0.29, 0.717) is 18.2 Å². The van der Waals surface area contributed by atoms with Gasteiger partial charge in [-0.3, -0.25) is 10.1 Å². The minimum atomic E-state index is -0.403. The molecule has 1 aromatic carbocycles. The number of methoxy groups -OCH3 is 1. The highest BCUT2D eigenvalue weighted by molar-refractivity contribution is 5.48. The number of hydrogen-bond donors (Lipinski definition) is 1. The lowest BCUT2D eigenvalue weighted by atomic mass is 9.97. The van der Waals surface area contributed by atoms with Crippen LogP contribution in [0.2, 0.25) is 0 Å². The topological polar surface area (TPSA) is 67.6 Å². The Balaban J connectivity index is 1.86. The third-order valence-corrected chi connectivity index (χ3v) is 4.04. The molecule has 0 unspecified atom stereocenters. The molecule has 1 saturated heterocycles. The lowest BCUT2D eigenvalue weighted by molar-refractivity contribution is -0.385. The van der Waals surface area contributed by atoms with Crippen LogP contribution >= 0.6 is 0 Å². The Kier molecular flexibility index (Phi) is 5.52. The summed E-state index contributed by atoms with van der Waals surface area (Å²) in [5.74, 6) is 1.01. The van der Waals surface area contributed by atoms with Gasteiger partial charge in [0.15, 0.2) is 5.75 Å². The van der Waals surface area contributed by atoms with E-state index in [1.165, 1.54) is 20.0 Å². The van der Waals surface area contributed by atoms with Crippen molar-refractivity contribution in [2.45, 2.75) is 19.4 Å². The molecule has 0 aromatic heterocycles. The Bertz CT molecular complexity index is 485. The number of nitro groups is 1. The second-order valence-corrected chi connectivity index (χ2v) is 5.64. The quantitative estimate of drug-likeness (QED) is 0.642. The summed E-state index contributed by atoms with van der Waals surface area (Å²) in [6.45, 7) is 3.92. The highest BCUT2D eigenvalue weighted by Gasteiger charge is 2.17. The van der Waals surface area contributed by atoms with Gasteiger partial charge < -0.3 is 15.0 Å². The summed E-state index contributed by atoms with van der Waals surface area (Å²) in [6, 6.07) is 5.11. The second-order valence-electron chi connectivity index (χ2n) is 5.64. The van der Waals surface area contributed by atoms with E-state index in [1.807, 2.05) is 6.07 Å². The summed E-state index contributed by atoms with van der Waals surface area (Å²) >= 11 is 0.